The van der Waals surface area contributed by atoms with Crippen LogP contribution in [0.15, 0.2) is 17.3 Å². The monoisotopic (exact) mass is 229 g/mol. The maximum absolute atomic E-state index is 8.81. The minimum Gasteiger partial charge on any atom is -0.411 e. The van der Waals surface area contributed by atoms with Gasteiger partial charge in [-0.3, -0.25) is 0 Å². The molecule has 1 aromatic carbocycles. The molecular formula is C10H9Cl2NO. The van der Waals surface area contributed by atoms with Gasteiger partial charge in [0.05, 0.1) is 15.8 Å². The van der Waals surface area contributed by atoms with Crippen molar-refractivity contribution in [3.63, 3.8) is 0 Å². The molecule has 1 N–H and O–H groups in total. The third-order valence-electron chi connectivity index (χ3n) is 2.47. The molecule has 0 aromatic heterocycles. The smallest absolute Gasteiger partial charge is 0.0871 e. The molecule has 4 heteroatoms. The van der Waals surface area contributed by atoms with Gasteiger partial charge < -0.3 is 5.21 Å². The lowest BCUT2D eigenvalue weighted by atomic mass is 9.90. The maximum Gasteiger partial charge on any atom is 0.0871 e. The fraction of sp³-hybridized carbons (Fsp3) is 0.300. The quantitative estimate of drug-likeness (QED) is 0.536. The molecule has 0 amide bonds. The standard InChI is InChI=1S/C10H9Cl2NO/c11-8-5-4-6-7(10(8)12)2-1-3-9(6)13-14/h4-5,14H,1-3H2/b13-9-. The first-order chi connectivity index (χ1) is 6.74. The van der Waals surface area contributed by atoms with Crippen molar-refractivity contribution in [2.75, 3.05) is 0 Å². The molecule has 1 aliphatic rings. The average Bonchev–Trinajstić information content (AvgIpc) is 2.23. The lowest BCUT2D eigenvalue weighted by Crippen LogP contribution is -2.12. The van der Waals surface area contributed by atoms with E-state index in [1.165, 1.54) is 0 Å². The summed E-state index contributed by atoms with van der Waals surface area (Å²) in [7, 11) is 0. The first-order valence-corrected chi connectivity index (χ1v) is 5.18. The van der Waals surface area contributed by atoms with Crippen LogP contribution in [-0.4, -0.2) is 10.9 Å². The van der Waals surface area contributed by atoms with Crippen LogP contribution in [0.25, 0.3) is 0 Å². The van der Waals surface area contributed by atoms with Crippen molar-refractivity contribution in [3.05, 3.63) is 33.3 Å². The molecule has 14 heavy (non-hydrogen) atoms. The number of rotatable bonds is 0. The fourth-order valence-corrected chi connectivity index (χ4v) is 2.21. The fourth-order valence-electron chi connectivity index (χ4n) is 1.78. The lowest BCUT2D eigenvalue weighted by molar-refractivity contribution is 0.317. The molecule has 0 radical (unpaired) electrons. The van der Waals surface area contributed by atoms with Crippen molar-refractivity contribution in [1.29, 1.82) is 0 Å². The summed E-state index contributed by atoms with van der Waals surface area (Å²) < 4.78 is 0. The highest BCUT2D eigenvalue weighted by atomic mass is 35.5. The molecular weight excluding hydrogens is 221 g/mol. The van der Waals surface area contributed by atoms with Gasteiger partial charge >= 0.3 is 0 Å². The zero-order valence-electron chi connectivity index (χ0n) is 7.43. The zero-order valence-corrected chi connectivity index (χ0v) is 8.94. The summed E-state index contributed by atoms with van der Waals surface area (Å²) >= 11 is 12.0. The van der Waals surface area contributed by atoms with E-state index in [1.807, 2.05) is 6.07 Å². The van der Waals surface area contributed by atoms with Gasteiger partial charge in [-0.15, -0.1) is 0 Å². The molecule has 1 aromatic rings. The van der Waals surface area contributed by atoms with E-state index in [9.17, 15) is 0 Å². The molecule has 0 saturated heterocycles. The number of benzene rings is 1. The van der Waals surface area contributed by atoms with Crippen LogP contribution < -0.4 is 0 Å². The van der Waals surface area contributed by atoms with Gasteiger partial charge in [0, 0.05) is 5.56 Å². The van der Waals surface area contributed by atoms with E-state index in [0.717, 1.165) is 30.4 Å². The summed E-state index contributed by atoms with van der Waals surface area (Å²) in [6.45, 7) is 0. The average molecular weight is 230 g/mol. The van der Waals surface area contributed by atoms with Crippen molar-refractivity contribution in [2.24, 2.45) is 5.16 Å². The van der Waals surface area contributed by atoms with Crippen LogP contribution in [0.1, 0.15) is 24.0 Å². The maximum atomic E-state index is 8.81. The summed E-state index contributed by atoms with van der Waals surface area (Å²) in [5, 5.41) is 13.2. The molecule has 0 fully saturated rings. The Hall–Kier alpha value is -0.730. The van der Waals surface area contributed by atoms with Gasteiger partial charge in [-0.1, -0.05) is 34.4 Å². The van der Waals surface area contributed by atoms with Gasteiger partial charge in [0.15, 0.2) is 0 Å². The number of nitrogens with zero attached hydrogens (tertiary/aromatic N) is 1. The van der Waals surface area contributed by atoms with Crippen LogP contribution in [0, 0.1) is 0 Å². The summed E-state index contributed by atoms with van der Waals surface area (Å²) in [5.41, 5.74) is 2.62. The van der Waals surface area contributed by atoms with Gasteiger partial charge in [-0.05, 0) is 30.9 Å². The largest absolute Gasteiger partial charge is 0.411 e. The molecule has 0 heterocycles. The van der Waals surface area contributed by atoms with Gasteiger partial charge in [0.2, 0.25) is 0 Å². The normalized spacial score (nSPS) is 18.3. The Bertz CT molecular complexity index is 401. The van der Waals surface area contributed by atoms with Crippen molar-refractivity contribution in [1.82, 2.24) is 0 Å². The Morgan fingerprint density at radius 1 is 1.21 bits per heavy atom. The Kier molecular flexibility index (Phi) is 2.66. The van der Waals surface area contributed by atoms with E-state index < -0.39 is 0 Å². The third-order valence-corrected chi connectivity index (χ3v) is 3.31. The minimum atomic E-state index is 0.560. The first kappa shape index (κ1) is 9.81. The lowest BCUT2D eigenvalue weighted by Gasteiger charge is -2.18. The molecule has 0 aliphatic heterocycles. The highest BCUT2D eigenvalue weighted by Crippen LogP contribution is 2.33. The van der Waals surface area contributed by atoms with Crippen molar-refractivity contribution in [2.45, 2.75) is 19.3 Å². The molecule has 2 rings (SSSR count). The summed E-state index contributed by atoms with van der Waals surface area (Å²) in [4.78, 5) is 0. The molecule has 0 atom stereocenters. The molecule has 0 bridgehead atoms. The SMILES string of the molecule is O/N=C1/CCCc2c1ccc(Cl)c2Cl. The Labute approximate surface area is 92.1 Å². The summed E-state index contributed by atoms with van der Waals surface area (Å²) in [6.07, 6.45) is 2.64. The number of fused-ring (bicyclic) bond motifs is 1. The van der Waals surface area contributed by atoms with Crippen LogP contribution in [0.2, 0.25) is 10.0 Å². The van der Waals surface area contributed by atoms with E-state index in [0.29, 0.717) is 15.8 Å². The number of halogens is 2. The predicted octanol–water partition coefficient (Wildman–Crippen LogP) is 3.51. The molecule has 74 valence electrons. The number of hydrogen-bond donors (Lipinski definition) is 1. The van der Waals surface area contributed by atoms with Crippen LogP contribution in [0.5, 0.6) is 0 Å². The predicted molar refractivity (Wildman–Crippen MR) is 57.7 cm³/mol. The van der Waals surface area contributed by atoms with E-state index in [1.54, 1.807) is 6.07 Å². The van der Waals surface area contributed by atoms with Gasteiger partial charge in [0.25, 0.3) is 0 Å². The van der Waals surface area contributed by atoms with Crippen LogP contribution in [0.3, 0.4) is 0 Å². The highest BCUT2D eigenvalue weighted by molar-refractivity contribution is 6.42. The van der Waals surface area contributed by atoms with Crippen LogP contribution >= 0.6 is 23.2 Å². The first-order valence-electron chi connectivity index (χ1n) is 4.42. The molecule has 2 nitrogen and oxygen atoms in total. The zero-order chi connectivity index (χ0) is 10.1. The molecule has 0 spiro atoms. The van der Waals surface area contributed by atoms with Crippen LogP contribution in [-0.2, 0) is 6.42 Å². The second-order valence-electron chi connectivity index (χ2n) is 3.29. The van der Waals surface area contributed by atoms with Gasteiger partial charge in [0.1, 0.15) is 0 Å². The summed E-state index contributed by atoms with van der Waals surface area (Å²) in [5.74, 6) is 0. The van der Waals surface area contributed by atoms with Gasteiger partial charge in [-0.2, -0.15) is 0 Å². The van der Waals surface area contributed by atoms with Crippen molar-refractivity contribution in [3.8, 4) is 0 Å². The van der Waals surface area contributed by atoms with E-state index in [-0.39, 0.29) is 0 Å². The Balaban J connectivity index is 2.62. The Morgan fingerprint density at radius 3 is 2.71 bits per heavy atom. The topological polar surface area (TPSA) is 32.6 Å². The van der Waals surface area contributed by atoms with Crippen molar-refractivity contribution < 1.29 is 5.21 Å². The minimum absolute atomic E-state index is 0.560. The summed E-state index contributed by atoms with van der Waals surface area (Å²) in [6, 6.07) is 3.59. The van der Waals surface area contributed by atoms with Crippen LogP contribution in [0.4, 0.5) is 0 Å². The number of oxime groups is 1. The Morgan fingerprint density at radius 2 is 2.00 bits per heavy atom. The van der Waals surface area contributed by atoms with E-state index in [2.05, 4.69) is 5.16 Å². The molecule has 0 saturated carbocycles. The second kappa shape index (κ2) is 3.79. The van der Waals surface area contributed by atoms with Crippen molar-refractivity contribution >= 4 is 28.9 Å². The molecule has 1 aliphatic carbocycles. The van der Waals surface area contributed by atoms with E-state index >= 15 is 0 Å². The van der Waals surface area contributed by atoms with E-state index in [4.69, 9.17) is 28.4 Å². The number of hydrogen-bond acceptors (Lipinski definition) is 2. The third kappa shape index (κ3) is 1.49. The second-order valence-corrected chi connectivity index (χ2v) is 4.07. The molecule has 0 unspecified atom stereocenters. The van der Waals surface area contributed by atoms with Gasteiger partial charge in [-0.25, -0.2) is 0 Å². The highest BCUT2D eigenvalue weighted by Gasteiger charge is 2.19.